The van der Waals surface area contributed by atoms with Gasteiger partial charge in [0, 0.05) is 6.07 Å². The fourth-order valence-electron chi connectivity index (χ4n) is 4.34. The molecule has 0 radical (unpaired) electrons. The van der Waals surface area contributed by atoms with Crippen LogP contribution in [-0.4, -0.2) is 35.3 Å². The molecule has 8 nitrogen and oxygen atoms in total. The van der Waals surface area contributed by atoms with Crippen molar-refractivity contribution in [3.8, 4) is 11.8 Å². The molecule has 0 saturated heterocycles. The van der Waals surface area contributed by atoms with Crippen molar-refractivity contribution in [2.75, 3.05) is 19.0 Å². The SMILES string of the molecule is COC(=O)c1cc(C(=O)Nc2cc(C(NCC3CC3)c3ccccc3)ccc2F)n(-c2cccc(C#N)c2)n1. The zero-order valence-electron chi connectivity index (χ0n) is 21.2. The number of hydrogen-bond donors (Lipinski definition) is 2. The number of esters is 1. The summed E-state index contributed by atoms with van der Waals surface area (Å²) in [7, 11) is 1.21. The quantitative estimate of drug-likeness (QED) is 0.299. The number of aromatic nitrogens is 2. The second-order valence-electron chi connectivity index (χ2n) is 9.37. The lowest BCUT2D eigenvalue weighted by Gasteiger charge is -2.21. The Hall–Kier alpha value is -4.81. The second kappa shape index (κ2) is 11.3. The first-order chi connectivity index (χ1) is 19.0. The molecule has 1 aromatic heterocycles. The molecule has 5 rings (SSSR count). The molecule has 1 saturated carbocycles. The van der Waals surface area contributed by atoms with Crippen LogP contribution in [0.1, 0.15) is 56.6 Å². The van der Waals surface area contributed by atoms with E-state index in [1.807, 2.05) is 36.4 Å². The van der Waals surface area contributed by atoms with Gasteiger partial charge in [0.1, 0.15) is 11.5 Å². The molecule has 1 unspecified atom stereocenters. The maximum atomic E-state index is 15.0. The number of ether oxygens (including phenoxy) is 1. The number of nitriles is 1. The van der Waals surface area contributed by atoms with Gasteiger partial charge in [-0.15, -0.1) is 0 Å². The van der Waals surface area contributed by atoms with E-state index < -0.39 is 17.7 Å². The Kier molecular flexibility index (Phi) is 7.48. The number of benzene rings is 3. The number of carbonyl (C=O) groups excluding carboxylic acids is 2. The van der Waals surface area contributed by atoms with E-state index in [1.165, 1.54) is 42.8 Å². The summed E-state index contributed by atoms with van der Waals surface area (Å²) in [5, 5.41) is 19.7. The number of halogens is 1. The van der Waals surface area contributed by atoms with Gasteiger partial charge in [-0.3, -0.25) is 4.79 Å². The first-order valence-electron chi connectivity index (χ1n) is 12.5. The van der Waals surface area contributed by atoms with E-state index in [2.05, 4.69) is 15.7 Å². The molecule has 196 valence electrons. The van der Waals surface area contributed by atoms with Gasteiger partial charge in [-0.2, -0.15) is 10.4 Å². The molecule has 39 heavy (non-hydrogen) atoms. The molecule has 0 aliphatic heterocycles. The van der Waals surface area contributed by atoms with Crippen LogP contribution in [0.4, 0.5) is 10.1 Å². The van der Waals surface area contributed by atoms with E-state index in [1.54, 1.807) is 30.3 Å². The van der Waals surface area contributed by atoms with Crippen molar-refractivity contribution < 1.29 is 18.7 Å². The van der Waals surface area contributed by atoms with Gasteiger partial charge in [0.2, 0.25) is 0 Å². The van der Waals surface area contributed by atoms with E-state index in [9.17, 15) is 19.2 Å². The topological polar surface area (TPSA) is 109 Å². The maximum absolute atomic E-state index is 15.0. The van der Waals surface area contributed by atoms with Crippen LogP contribution in [0, 0.1) is 23.1 Å². The number of rotatable bonds is 9. The highest BCUT2D eigenvalue weighted by Crippen LogP contribution is 2.31. The summed E-state index contributed by atoms with van der Waals surface area (Å²) in [5.74, 6) is -1.38. The summed E-state index contributed by atoms with van der Waals surface area (Å²) in [6, 6.07) is 24.0. The molecular formula is C30H26FN5O3. The highest BCUT2D eigenvalue weighted by atomic mass is 19.1. The summed E-state index contributed by atoms with van der Waals surface area (Å²) < 4.78 is 21.0. The Balaban J connectivity index is 1.48. The minimum absolute atomic E-state index is 0.00945. The van der Waals surface area contributed by atoms with Gasteiger partial charge >= 0.3 is 5.97 Å². The van der Waals surface area contributed by atoms with Crippen molar-refractivity contribution in [1.29, 1.82) is 5.26 Å². The summed E-state index contributed by atoms with van der Waals surface area (Å²) in [5.41, 5.74) is 2.42. The molecule has 4 aromatic rings. The zero-order valence-corrected chi connectivity index (χ0v) is 21.2. The predicted molar refractivity (Wildman–Crippen MR) is 143 cm³/mol. The van der Waals surface area contributed by atoms with E-state index in [0.29, 0.717) is 17.2 Å². The Morgan fingerprint density at radius 2 is 1.87 bits per heavy atom. The van der Waals surface area contributed by atoms with Crippen LogP contribution >= 0.6 is 0 Å². The first-order valence-corrected chi connectivity index (χ1v) is 12.5. The average Bonchev–Trinajstić information content (AvgIpc) is 3.69. The highest BCUT2D eigenvalue weighted by Gasteiger charge is 2.25. The maximum Gasteiger partial charge on any atom is 0.358 e. The Morgan fingerprint density at radius 3 is 2.59 bits per heavy atom. The number of hydrogen-bond acceptors (Lipinski definition) is 6. The number of anilines is 1. The molecule has 1 atom stereocenters. The molecule has 1 amide bonds. The predicted octanol–water partition coefficient (Wildman–Crippen LogP) is 5.01. The number of nitrogens with one attached hydrogen (secondary N) is 2. The third kappa shape index (κ3) is 5.87. The van der Waals surface area contributed by atoms with Crippen LogP contribution in [-0.2, 0) is 4.74 Å². The smallest absolute Gasteiger partial charge is 0.358 e. The third-order valence-corrected chi connectivity index (χ3v) is 6.57. The standard InChI is InChI=1S/C30H26FN5O3/c1-39-30(38)26-16-27(36(35-26)23-9-5-6-20(14-23)17-32)29(37)34-25-15-22(12-13-24(25)31)28(33-18-19-10-11-19)21-7-3-2-4-8-21/h2-9,12-16,19,28,33H,10-11,18H2,1H3,(H,34,37). The Labute approximate surface area is 225 Å². The van der Waals surface area contributed by atoms with E-state index in [0.717, 1.165) is 17.7 Å². The van der Waals surface area contributed by atoms with Crippen LogP contribution in [0.15, 0.2) is 78.9 Å². The number of carbonyl (C=O) groups is 2. The first kappa shape index (κ1) is 25.8. The molecule has 1 fully saturated rings. The molecule has 1 heterocycles. The van der Waals surface area contributed by atoms with E-state index in [4.69, 9.17) is 4.74 Å². The lowest BCUT2D eigenvalue weighted by Crippen LogP contribution is -2.25. The summed E-state index contributed by atoms with van der Waals surface area (Å²) in [4.78, 5) is 25.6. The van der Waals surface area contributed by atoms with Crippen LogP contribution in [0.3, 0.4) is 0 Å². The summed E-state index contributed by atoms with van der Waals surface area (Å²) >= 11 is 0. The molecule has 1 aliphatic rings. The largest absolute Gasteiger partial charge is 0.464 e. The normalized spacial score (nSPS) is 13.4. The minimum Gasteiger partial charge on any atom is -0.464 e. The molecule has 2 N–H and O–H groups in total. The lowest BCUT2D eigenvalue weighted by atomic mass is 9.97. The van der Waals surface area contributed by atoms with Gasteiger partial charge in [-0.25, -0.2) is 13.9 Å². The van der Waals surface area contributed by atoms with Crippen molar-refractivity contribution >= 4 is 17.6 Å². The van der Waals surface area contributed by atoms with Gasteiger partial charge < -0.3 is 15.4 Å². The number of amides is 1. The number of methoxy groups -OCH3 is 1. The van der Waals surface area contributed by atoms with Gasteiger partial charge in [-0.1, -0.05) is 42.5 Å². The summed E-state index contributed by atoms with van der Waals surface area (Å²) in [6.07, 6.45) is 2.38. The van der Waals surface area contributed by atoms with Crippen molar-refractivity contribution in [3.63, 3.8) is 0 Å². The average molecular weight is 524 g/mol. The van der Waals surface area contributed by atoms with Gasteiger partial charge in [-0.05, 0) is 66.8 Å². The van der Waals surface area contributed by atoms with Crippen LogP contribution in [0.5, 0.6) is 0 Å². The molecule has 9 heteroatoms. The molecule has 1 aliphatic carbocycles. The molecule has 3 aromatic carbocycles. The van der Waals surface area contributed by atoms with Crippen LogP contribution < -0.4 is 10.6 Å². The Bertz CT molecular complexity index is 1560. The van der Waals surface area contributed by atoms with Crippen molar-refractivity contribution in [3.05, 3.63) is 113 Å². The molecule has 0 bridgehead atoms. The fraction of sp³-hybridized carbons (Fsp3) is 0.200. The summed E-state index contributed by atoms with van der Waals surface area (Å²) in [6.45, 7) is 0.843. The fourth-order valence-corrected chi connectivity index (χ4v) is 4.34. The van der Waals surface area contributed by atoms with Crippen molar-refractivity contribution in [2.24, 2.45) is 5.92 Å². The highest BCUT2D eigenvalue weighted by molar-refractivity contribution is 6.05. The van der Waals surface area contributed by atoms with Crippen LogP contribution in [0.2, 0.25) is 0 Å². The van der Waals surface area contributed by atoms with Gasteiger partial charge in [0.15, 0.2) is 5.69 Å². The Morgan fingerprint density at radius 1 is 1.08 bits per heavy atom. The minimum atomic E-state index is -0.736. The van der Waals surface area contributed by atoms with E-state index >= 15 is 0 Å². The third-order valence-electron chi connectivity index (χ3n) is 6.57. The van der Waals surface area contributed by atoms with Gasteiger partial charge in [0.05, 0.1) is 36.2 Å². The lowest BCUT2D eigenvalue weighted by molar-refractivity contribution is 0.0593. The zero-order chi connectivity index (χ0) is 27.4. The molecular weight excluding hydrogens is 497 g/mol. The molecule has 0 spiro atoms. The van der Waals surface area contributed by atoms with Gasteiger partial charge in [0.25, 0.3) is 5.91 Å². The second-order valence-corrected chi connectivity index (χ2v) is 9.37. The monoisotopic (exact) mass is 523 g/mol. The number of nitrogens with zero attached hydrogens (tertiary/aromatic N) is 3. The van der Waals surface area contributed by atoms with Crippen molar-refractivity contribution in [2.45, 2.75) is 18.9 Å². The van der Waals surface area contributed by atoms with Crippen LogP contribution in [0.25, 0.3) is 5.69 Å². The van der Waals surface area contributed by atoms with Crippen molar-refractivity contribution in [1.82, 2.24) is 15.1 Å². The van der Waals surface area contributed by atoms with E-state index in [-0.39, 0.29) is 23.1 Å².